The molecule has 2 heteroatoms. The Morgan fingerprint density at radius 3 is 2.13 bits per heavy atom. The van der Waals surface area contributed by atoms with E-state index in [1.54, 1.807) is 0 Å². The molecule has 0 spiro atoms. The summed E-state index contributed by atoms with van der Waals surface area (Å²) in [5.41, 5.74) is 0. The molecule has 0 aliphatic rings. The van der Waals surface area contributed by atoms with Crippen LogP contribution in [0, 0.1) is 11.8 Å². The normalized spacial score (nSPS) is 16.0. The average molecular weight is 278 g/mol. The number of nitrogens with zero attached hydrogens (tertiary/aromatic N) is 1. The third-order valence-electron chi connectivity index (χ3n) is 3.14. The number of alkyl halides is 1. The van der Waals surface area contributed by atoms with Crippen molar-refractivity contribution in [3.05, 3.63) is 0 Å². The number of hydrogen-bond donors (Lipinski definition) is 0. The van der Waals surface area contributed by atoms with Gasteiger partial charge < -0.3 is 4.90 Å². The number of hydrogen-bond acceptors (Lipinski definition) is 1. The summed E-state index contributed by atoms with van der Waals surface area (Å²) in [6.45, 7) is 10.5. The van der Waals surface area contributed by atoms with Gasteiger partial charge in [0.1, 0.15) is 0 Å². The fraction of sp³-hybridized carbons (Fsp3) is 1.00. The Hall–Kier alpha value is 0.440. The van der Waals surface area contributed by atoms with E-state index in [0.29, 0.717) is 0 Å². The molecule has 0 radical (unpaired) electrons. The van der Waals surface area contributed by atoms with Crippen LogP contribution in [-0.4, -0.2) is 29.9 Å². The van der Waals surface area contributed by atoms with Crippen LogP contribution >= 0.6 is 15.9 Å². The van der Waals surface area contributed by atoms with Gasteiger partial charge in [-0.1, -0.05) is 36.7 Å². The van der Waals surface area contributed by atoms with E-state index in [-0.39, 0.29) is 0 Å². The first-order valence-electron chi connectivity index (χ1n) is 6.23. The third kappa shape index (κ3) is 8.27. The minimum Gasteiger partial charge on any atom is -0.304 e. The summed E-state index contributed by atoms with van der Waals surface area (Å²) >= 11 is 3.51. The third-order valence-corrected chi connectivity index (χ3v) is 3.60. The zero-order valence-electron chi connectivity index (χ0n) is 11.1. The molecular weight excluding hydrogens is 250 g/mol. The van der Waals surface area contributed by atoms with Crippen LogP contribution < -0.4 is 0 Å². The van der Waals surface area contributed by atoms with Crippen molar-refractivity contribution in [1.82, 2.24) is 4.90 Å². The highest BCUT2D eigenvalue weighted by molar-refractivity contribution is 9.09. The van der Waals surface area contributed by atoms with Crippen molar-refractivity contribution in [2.45, 2.75) is 53.0 Å². The summed E-state index contributed by atoms with van der Waals surface area (Å²) in [6, 6.07) is 0.723. The molecule has 0 aromatic carbocycles. The van der Waals surface area contributed by atoms with E-state index in [2.05, 4.69) is 55.6 Å². The van der Waals surface area contributed by atoms with Crippen molar-refractivity contribution >= 4 is 15.9 Å². The Bertz CT molecular complexity index is 147. The van der Waals surface area contributed by atoms with Gasteiger partial charge in [-0.3, -0.25) is 0 Å². The highest BCUT2D eigenvalue weighted by Crippen LogP contribution is 2.13. The molecule has 0 aromatic heterocycles. The molecule has 0 amide bonds. The molecule has 0 fully saturated rings. The predicted octanol–water partition coefficient (Wildman–Crippen LogP) is 4.16. The Balaban J connectivity index is 3.67. The van der Waals surface area contributed by atoms with E-state index in [1.807, 2.05) is 0 Å². The van der Waals surface area contributed by atoms with Gasteiger partial charge in [0.15, 0.2) is 0 Å². The van der Waals surface area contributed by atoms with Crippen LogP contribution in [-0.2, 0) is 0 Å². The second-order valence-corrected chi connectivity index (χ2v) is 6.12. The summed E-state index contributed by atoms with van der Waals surface area (Å²) in [6.07, 6.45) is 3.93. The number of rotatable bonds is 8. The van der Waals surface area contributed by atoms with Crippen molar-refractivity contribution in [2.75, 3.05) is 18.9 Å². The zero-order valence-corrected chi connectivity index (χ0v) is 12.7. The summed E-state index contributed by atoms with van der Waals surface area (Å²) < 4.78 is 0. The summed E-state index contributed by atoms with van der Waals surface area (Å²) in [5, 5.41) is 1.14. The molecule has 0 aromatic rings. The molecule has 0 aliphatic heterocycles. The smallest absolute Gasteiger partial charge is 0.00663 e. The largest absolute Gasteiger partial charge is 0.304 e. The molecule has 0 rings (SSSR count). The highest BCUT2D eigenvalue weighted by Gasteiger charge is 2.11. The molecule has 1 nitrogen and oxygen atoms in total. The molecular formula is C13H28BrN. The lowest BCUT2D eigenvalue weighted by Gasteiger charge is -2.27. The van der Waals surface area contributed by atoms with Crippen LogP contribution in [0.3, 0.4) is 0 Å². The molecule has 0 heterocycles. The van der Waals surface area contributed by atoms with Gasteiger partial charge in [0.05, 0.1) is 0 Å². The predicted molar refractivity (Wildman–Crippen MR) is 73.7 cm³/mol. The molecule has 0 saturated carbocycles. The molecule has 0 bridgehead atoms. The van der Waals surface area contributed by atoms with Crippen LogP contribution in [0.25, 0.3) is 0 Å². The Labute approximate surface area is 105 Å². The lowest BCUT2D eigenvalue weighted by Crippen LogP contribution is -2.31. The first-order valence-corrected chi connectivity index (χ1v) is 7.35. The highest BCUT2D eigenvalue weighted by atomic mass is 79.9. The summed E-state index contributed by atoms with van der Waals surface area (Å²) in [5.74, 6) is 1.65. The monoisotopic (exact) mass is 277 g/mol. The summed E-state index contributed by atoms with van der Waals surface area (Å²) in [4.78, 5) is 2.50. The Morgan fingerprint density at radius 1 is 1.07 bits per heavy atom. The molecule has 2 atom stereocenters. The SMILES string of the molecule is CC(C)CC(C)N(C)CCC(C)CCBr. The standard InChI is InChI=1S/C13H28BrN/c1-11(2)10-13(4)15(5)9-7-12(3)6-8-14/h11-13H,6-10H2,1-5H3. The lowest BCUT2D eigenvalue weighted by molar-refractivity contribution is 0.214. The van der Waals surface area contributed by atoms with Gasteiger partial charge in [-0.2, -0.15) is 0 Å². The Morgan fingerprint density at radius 2 is 1.67 bits per heavy atom. The van der Waals surface area contributed by atoms with Crippen molar-refractivity contribution in [3.63, 3.8) is 0 Å². The molecule has 0 N–H and O–H groups in total. The first kappa shape index (κ1) is 15.4. The van der Waals surface area contributed by atoms with Crippen molar-refractivity contribution in [3.8, 4) is 0 Å². The molecule has 0 saturated heterocycles. The maximum absolute atomic E-state index is 3.51. The number of halogens is 1. The van der Waals surface area contributed by atoms with Gasteiger partial charge in [0.25, 0.3) is 0 Å². The van der Waals surface area contributed by atoms with E-state index in [1.165, 1.54) is 25.8 Å². The molecule has 92 valence electrons. The Kier molecular flexibility index (Phi) is 8.83. The molecule has 0 aliphatic carbocycles. The zero-order chi connectivity index (χ0) is 11.8. The first-order chi connectivity index (χ1) is 6.97. The van der Waals surface area contributed by atoms with Gasteiger partial charge in [-0.15, -0.1) is 0 Å². The van der Waals surface area contributed by atoms with Crippen LogP contribution in [0.4, 0.5) is 0 Å². The summed E-state index contributed by atoms with van der Waals surface area (Å²) in [7, 11) is 2.26. The van der Waals surface area contributed by atoms with Crippen molar-refractivity contribution < 1.29 is 0 Å². The second kappa shape index (κ2) is 8.58. The van der Waals surface area contributed by atoms with Crippen LogP contribution in [0.2, 0.25) is 0 Å². The maximum atomic E-state index is 3.51. The van der Waals surface area contributed by atoms with Crippen molar-refractivity contribution in [1.29, 1.82) is 0 Å². The van der Waals surface area contributed by atoms with E-state index < -0.39 is 0 Å². The maximum Gasteiger partial charge on any atom is 0.00663 e. The molecule has 2 unspecified atom stereocenters. The van der Waals surface area contributed by atoms with Crippen LogP contribution in [0.15, 0.2) is 0 Å². The fourth-order valence-electron chi connectivity index (χ4n) is 1.84. The van der Waals surface area contributed by atoms with E-state index >= 15 is 0 Å². The van der Waals surface area contributed by atoms with Gasteiger partial charge in [-0.25, -0.2) is 0 Å². The average Bonchev–Trinajstić information content (AvgIpc) is 2.13. The van der Waals surface area contributed by atoms with Gasteiger partial charge in [-0.05, 0) is 51.6 Å². The van der Waals surface area contributed by atoms with E-state index in [0.717, 1.165) is 23.2 Å². The lowest BCUT2D eigenvalue weighted by atomic mass is 10.0. The van der Waals surface area contributed by atoms with Gasteiger partial charge >= 0.3 is 0 Å². The second-order valence-electron chi connectivity index (χ2n) is 5.33. The van der Waals surface area contributed by atoms with Crippen LogP contribution in [0.1, 0.15) is 47.0 Å². The van der Waals surface area contributed by atoms with E-state index in [9.17, 15) is 0 Å². The van der Waals surface area contributed by atoms with Gasteiger partial charge in [0.2, 0.25) is 0 Å². The fourth-order valence-corrected chi connectivity index (χ4v) is 2.62. The van der Waals surface area contributed by atoms with Crippen molar-refractivity contribution in [2.24, 2.45) is 11.8 Å². The van der Waals surface area contributed by atoms with E-state index in [4.69, 9.17) is 0 Å². The molecule has 15 heavy (non-hydrogen) atoms. The topological polar surface area (TPSA) is 3.24 Å². The quantitative estimate of drug-likeness (QED) is 0.602. The van der Waals surface area contributed by atoms with Gasteiger partial charge in [0, 0.05) is 11.4 Å². The minimum atomic E-state index is 0.723. The van der Waals surface area contributed by atoms with Crippen LogP contribution in [0.5, 0.6) is 0 Å². The minimum absolute atomic E-state index is 0.723.